The lowest BCUT2D eigenvalue weighted by Gasteiger charge is -2.29. The van der Waals surface area contributed by atoms with Crippen molar-refractivity contribution in [3.8, 4) is 0 Å². The van der Waals surface area contributed by atoms with Crippen LogP contribution in [0.1, 0.15) is 0 Å². The van der Waals surface area contributed by atoms with E-state index in [2.05, 4.69) is 93.5 Å². The lowest BCUT2D eigenvalue weighted by atomic mass is 9.82. The Morgan fingerprint density at radius 2 is 0.947 bits per heavy atom. The molecule has 0 aromatic heterocycles. The van der Waals surface area contributed by atoms with Crippen LogP contribution in [-0.4, -0.2) is 12.0 Å². The van der Waals surface area contributed by atoms with Gasteiger partial charge in [-0.2, -0.15) is 25.3 Å². The average Bonchev–Trinajstić information content (AvgIpc) is 2.86. The lowest BCUT2D eigenvalue weighted by Crippen LogP contribution is -2.53. The molecule has 0 unspecified atom stereocenters. The van der Waals surface area contributed by atoms with Gasteiger partial charge in [0, 0.05) is 14.3 Å². The number of hydrogen-bond donors (Lipinski definition) is 2. The van der Waals surface area contributed by atoms with Gasteiger partial charge in [-0.05, 0) is 123 Å². The molecule has 12 heteroatoms. The summed E-state index contributed by atoms with van der Waals surface area (Å²) in [5, 5.41) is 18.4. The van der Waals surface area contributed by atoms with Crippen LogP contribution in [0.2, 0.25) is 0 Å². The SMILES string of the molecule is SC=c1c(=CS)c2c([Si](Cl)(Cl)Cl)c([Si](Cl)(Cl)Cl)c3c(Br)c(Br)c4ccc5ccc6ccc1c1c6c5c4c3c21. The van der Waals surface area contributed by atoms with E-state index in [1.807, 2.05) is 0 Å². The molecule has 0 heterocycles. The number of rotatable bonds is 2. The topological polar surface area (TPSA) is 0 Å². The third-order valence-electron chi connectivity index (χ3n) is 7.49. The molecule has 0 N–H and O–H groups in total. The second kappa shape index (κ2) is 8.98. The maximum atomic E-state index is 6.92. The van der Waals surface area contributed by atoms with Crippen molar-refractivity contribution in [1.82, 2.24) is 0 Å². The zero-order valence-corrected chi connectivity index (χ0v) is 30.0. The maximum absolute atomic E-state index is 6.92. The molecule has 0 bridgehead atoms. The molecule has 38 heavy (non-hydrogen) atoms. The summed E-state index contributed by atoms with van der Waals surface area (Å²) in [5.74, 6) is 0. The van der Waals surface area contributed by atoms with Crippen LogP contribution in [0.5, 0.6) is 0 Å². The van der Waals surface area contributed by atoms with E-state index in [0.717, 1.165) is 84.0 Å². The fourth-order valence-corrected chi connectivity index (χ4v) is 16.0. The van der Waals surface area contributed by atoms with Gasteiger partial charge < -0.3 is 0 Å². The second-order valence-electron chi connectivity index (χ2n) is 9.20. The molecule has 0 atom stereocenters. The second-order valence-corrected chi connectivity index (χ2v) is 28.0. The highest BCUT2D eigenvalue weighted by Gasteiger charge is 2.45. The molecular weight excluding hydrogens is 805 g/mol. The molecule has 7 aromatic rings. The Morgan fingerprint density at radius 3 is 1.47 bits per heavy atom. The summed E-state index contributed by atoms with van der Waals surface area (Å²) in [6, 6.07) is 5.50. The van der Waals surface area contributed by atoms with Gasteiger partial charge in [0.15, 0.2) is 0 Å². The van der Waals surface area contributed by atoms with Crippen LogP contribution in [0.25, 0.3) is 75.5 Å². The van der Waals surface area contributed by atoms with Gasteiger partial charge >= 0.3 is 12.0 Å². The maximum Gasteiger partial charge on any atom is 0.373 e. The molecule has 0 aliphatic carbocycles. The first-order valence-electron chi connectivity index (χ1n) is 11.1. The van der Waals surface area contributed by atoms with Gasteiger partial charge in [0.1, 0.15) is 0 Å². The summed E-state index contributed by atoms with van der Waals surface area (Å²) in [6.45, 7) is 0. The number of benzene rings is 7. The number of hydrogen-bond acceptors (Lipinski definition) is 2. The van der Waals surface area contributed by atoms with Crippen molar-refractivity contribution >= 4 is 221 Å². The molecule has 0 spiro atoms. The molecule has 0 saturated heterocycles. The highest BCUT2D eigenvalue weighted by atomic mass is 79.9. The molecule has 0 nitrogen and oxygen atoms in total. The summed E-state index contributed by atoms with van der Waals surface area (Å²) in [4.78, 5) is 0. The Labute approximate surface area is 274 Å². The summed E-state index contributed by atoms with van der Waals surface area (Å²) in [6.07, 6.45) is 0. The van der Waals surface area contributed by atoms with Crippen LogP contribution in [-0.2, 0) is 0 Å². The van der Waals surface area contributed by atoms with E-state index >= 15 is 0 Å². The largest absolute Gasteiger partial charge is 0.373 e. The Balaban J connectivity index is 2.11. The lowest BCUT2D eigenvalue weighted by molar-refractivity contribution is 1.69. The van der Waals surface area contributed by atoms with Crippen LogP contribution in [0, 0.1) is 0 Å². The minimum absolute atomic E-state index is 0.491. The van der Waals surface area contributed by atoms with Crippen molar-refractivity contribution in [2.75, 3.05) is 0 Å². The third kappa shape index (κ3) is 3.44. The average molecular weight is 815 g/mol. The molecule has 0 saturated carbocycles. The van der Waals surface area contributed by atoms with Crippen LogP contribution < -0.4 is 20.8 Å². The van der Waals surface area contributed by atoms with Crippen molar-refractivity contribution in [1.29, 1.82) is 0 Å². The highest BCUT2D eigenvalue weighted by molar-refractivity contribution is 9.13. The Morgan fingerprint density at radius 1 is 0.500 bits per heavy atom. The molecule has 0 aliphatic heterocycles. The molecule has 0 aliphatic rings. The Bertz CT molecular complexity index is 2260. The van der Waals surface area contributed by atoms with Crippen LogP contribution in [0.4, 0.5) is 0 Å². The summed E-state index contributed by atoms with van der Waals surface area (Å²) >= 11 is 58.5. The summed E-state index contributed by atoms with van der Waals surface area (Å²) < 4.78 is 1.62. The van der Waals surface area contributed by atoms with E-state index in [1.165, 1.54) is 0 Å². The monoisotopic (exact) mass is 810 g/mol. The fourth-order valence-electron chi connectivity index (χ4n) is 6.25. The molecule has 7 aromatic carbocycles. The molecule has 0 amide bonds. The van der Waals surface area contributed by atoms with Crippen molar-refractivity contribution in [2.24, 2.45) is 0 Å². The highest BCUT2D eigenvalue weighted by Crippen LogP contribution is 2.51. The van der Waals surface area contributed by atoms with E-state index < -0.39 is 12.0 Å². The molecule has 0 fully saturated rings. The van der Waals surface area contributed by atoms with Crippen molar-refractivity contribution < 1.29 is 0 Å². The molecule has 0 radical (unpaired) electrons. The molecule has 7 rings (SSSR count). The van der Waals surface area contributed by atoms with Gasteiger partial charge in [-0.15, -0.1) is 66.5 Å². The van der Waals surface area contributed by atoms with Crippen molar-refractivity contribution in [3.05, 3.63) is 55.8 Å². The minimum atomic E-state index is -3.69. The zero-order chi connectivity index (χ0) is 27.0. The number of thiol groups is 2. The predicted molar refractivity (Wildman–Crippen MR) is 192 cm³/mol. The molecular formula is C26H10Br2Cl6S2Si2. The predicted octanol–water partition coefficient (Wildman–Crippen LogP) is 9.50. The standard InChI is InChI=1S/C26H10Br2Cl6S2Si2/c27-23-12-6-4-10-2-1-9-3-5-11-13(7-35)14(8-36)19-20-17(11)15(9)16(10)18(12)21(20)22(24(23)28)26(38(32,33)34)25(19)37(29,30)31/h1-8,35-36H. The van der Waals surface area contributed by atoms with Gasteiger partial charge in [-0.3, -0.25) is 0 Å². The smallest absolute Gasteiger partial charge is 0.151 e. The first-order valence-corrected chi connectivity index (χ1v) is 23.8. The summed E-state index contributed by atoms with van der Waals surface area (Å²) in [5.41, 5.74) is 0. The van der Waals surface area contributed by atoms with Gasteiger partial charge in [0.25, 0.3) is 0 Å². The Hall–Kier alpha value is 0.454. The van der Waals surface area contributed by atoms with E-state index in [9.17, 15) is 0 Å². The van der Waals surface area contributed by atoms with Crippen LogP contribution in [0.3, 0.4) is 0 Å². The first-order chi connectivity index (χ1) is 17.9. The normalized spacial score (nSPS) is 14.9. The fraction of sp³-hybridized carbons (Fsp3) is 0. The van der Waals surface area contributed by atoms with Crippen LogP contribution >= 0.6 is 124 Å². The van der Waals surface area contributed by atoms with Crippen molar-refractivity contribution in [2.45, 2.75) is 0 Å². The first kappa shape index (κ1) is 27.3. The van der Waals surface area contributed by atoms with Gasteiger partial charge in [-0.1, -0.05) is 36.4 Å². The zero-order valence-electron chi connectivity index (χ0n) is 18.5. The van der Waals surface area contributed by atoms with E-state index in [-0.39, 0.29) is 0 Å². The number of halogens is 8. The van der Waals surface area contributed by atoms with E-state index in [4.69, 9.17) is 66.5 Å². The molecule has 190 valence electrons. The quantitative estimate of drug-likeness (QED) is 0.0562. The van der Waals surface area contributed by atoms with Crippen LogP contribution in [0.15, 0.2) is 45.3 Å². The van der Waals surface area contributed by atoms with Crippen molar-refractivity contribution in [3.63, 3.8) is 0 Å². The minimum Gasteiger partial charge on any atom is -0.151 e. The summed E-state index contributed by atoms with van der Waals surface area (Å²) in [7, 11) is 0. The Kier molecular flexibility index (Phi) is 6.45. The van der Waals surface area contributed by atoms with Gasteiger partial charge in [-0.25, -0.2) is 0 Å². The van der Waals surface area contributed by atoms with Gasteiger partial charge in [0.05, 0.1) is 0 Å². The van der Waals surface area contributed by atoms with E-state index in [1.54, 1.807) is 10.8 Å². The van der Waals surface area contributed by atoms with Gasteiger partial charge in [0.2, 0.25) is 0 Å². The van der Waals surface area contributed by atoms with E-state index in [0.29, 0.717) is 10.4 Å². The third-order valence-corrected chi connectivity index (χ3v) is 15.9.